The molecule has 3 rings (SSSR count). The fraction of sp³-hybridized carbons (Fsp3) is 0.154. The number of hydrogen-bond donors (Lipinski definition) is 3. The number of H-pyrrole nitrogens is 2. The maximum absolute atomic E-state index is 12.3. The van der Waals surface area contributed by atoms with E-state index in [1.807, 2.05) is 0 Å². The molecular formula is C13H12N6O2. The van der Waals surface area contributed by atoms with Crippen molar-refractivity contribution in [1.82, 2.24) is 30.7 Å². The Kier molecular flexibility index (Phi) is 3.19. The fourth-order valence-corrected chi connectivity index (χ4v) is 2.04. The second-order valence-corrected chi connectivity index (χ2v) is 4.51. The van der Waals surface area contributed by atoms with Crippen molar-refractivity contribution in [1.29, 1.82) is 0 Å². The lowest BCUT2D eigenvalue weighted by Gasteiger charge is -2.11. The molecule has 3 N–H and O–H groups in total. The number of carbonyl (C=O) groups is 1. The van der Waals surface area contributed by atoms with Crippen LogP contribution < -0.4 is 10.9 Å². The second kappa shape index (κ2) is 5.16. The van der Waals surface area contributed by atoms with Gasteiger partial charge in [-0.25, -0.2) is 10.1 Å². The molecule has 2 heterocycles. The van der Waals surface area contributed by atoms with E-state index in [4.69, 9.17) is 0 Å². The smallest absolute Gasteiger partial charge is 0.272 e. The van der Waals surface area contributed by atoms with Gasteiger partial charge in [0.15, 0.2) is 5.69 Å². The topological polar surface area (TPSA) is 116 Å². The first kappa shape index (κ1) is 13.0. The van der Waals surface area contributed by atoms with Crippen molar-refractivity contribution in [3.8, 4) is 0 Å². The summed E-state index contributed by atoms with van der Waals surface area (Å²) in [5, 5.41) is 16.3. The zero-order chi connectivity index (χ0) is 14.8. The summed E-state index contributed by atoms with van der Waals surface area (Å²) in [4.78, 5) is 28.0. The minimum atomic E-state index is -0.397. The zero-order valence-corrected chi connectivity index (χ0v) is 11.1. The molecule has 8 heteroatoms. The van der Waals surface area contributed by atoms with E-state index in [2.05, 4.69) is 30.7 Å². The summed E-state index contributed by atoms with van der Waals surface area (Å²) in [5.74, 6) is 0.142. The largest absolute Gasteiger partial charge is 0.341 e. The molecule has 1 unspecified atom stereocenters. The monoisotopic (exact) mass is 284 g/mol. The third-order valence-electron chi connectivity index (χ3n) is 3.10. The molecule has 0 aliphatic rings. The van der Waals surface area contributed by atoms with Gasteiger partial charge >= 0.3 is 0 Å². The number of benzene rings is 1. The van der Waals surface area contributed by atoms with Crippen LogP contribution in [0.1, 0.15) is 29.3 Å². The third-order valence-corrected chi connectivity index (χ3v) is 3.10. The summed E-state index contributed by atoms with van der Waals surface area (Å²) in [6.45, 7) is 1.77. The molecular weight excluding hydrogens is 272 g/mol. The maximum atomic E-state index is 12.3. The number of nitrogens with zero attached hydrogens (tertiary/aromatic N) is 3. The fourth-order valence-electron chi connectivity index (χ4n) is 2.04. The highest BCUT2D eigenvalue weighted by atomic mass is 16.2. The van der Waals surface area contributed by atoms with Gasteiger partial charge in [0.1, 0.15) is 12.2 Å². The lowest BCUT2D eigenvalue weighted by Crippen LogP contribution is -2.29. The van der Waals surface area contributed by atoms with Gasteiger partial charge in [0, 0.05) is 5.39 Å². The molecule has 1 atom stereocenters. The molecule has 0 spiro atoms. The predicted molar refractivity (Wildman–Crippen MR) is 74.6 cm³/mol. The standard InChI is InChI=1S/C13H12N6O2/c1-7(11-14-6-15-18-11)16-13(21)10-8-4-2-3-5-9(8)12(20)19-17-10/h2-7H,1H3,(H,16,21)(H,19,20)(H,14,15,18). The van der Waals surface area contributed by atoms with Crippen molar-refractivity contribution < 1.29 is 4.79 Å². The Hall–Kier alpha value is -3.03. The van der Waals surface area contributed by atoms with Crippen molar-refractivity contribution in [2.24, 2.45) is 0 Å². The van der Waals surface area contributed by atoms with E-state index in [-0.39, 0.29) is 17.3 Å². The van der Waals surface area contributed by atoms with Crippen molar-refractivity contribution in [2.75, 3.05) is 0 Å². The molecule has 1 aromatic carbocycles. The number of fused-ring (bicyclic) bond motifs is 1. The van der Waals surface area contributed by atoms with Gasteiger partial charge in [-0.05, 0) is 13.0 Å². The Morgan fingerprint density at radius 2 is 2.00 bits per heavy atom. The molecule has 0 bridgehead atoms. The van der Waals surface area contributed by atoms with Crippen LogP contribution in [0.3, 0.4) is 0 Å². The molecule has 0 saturated heterocycles. The summed E-state index contributed by atoms with van der Waals surface area (Å²) >= 11 is 0. The van der Waals surface area contributed by atoms with E-state index < -0.39 is 5.91 Å². The van der Waals surface area contributed by atoms with Gasteiger partial charge < -0.3 is 5.32 Å². The molecule has 8 nitrogen and oxygen atoms in total. The number of rotatable bonds is 3. The van der Waals surface area contributed by atoms with Crippen LogP contribution in [-0.4, -0.2) is 31.3 Å². The minimum Gasteiger partial charge on any atom is -0.341 e. The summed E-state index contributed by atoms with van der Waals surface area (Å²) in [6, 6.07) is 6.46. The number of nitrogens with one attached hydrogen (secondary N) is 3. The lowest BCUT2D eigenvalue weighted by molar-refractivity contribution is 0.0934. The van der Waals surface area contributed by atoms with Crippen LogP contribution >= 0.6 is 0 Å². The van der Waals surface area contributed by atoms with Gasteiger partial charge in [-0.3, -0.25) is 14.7 Å². The molecule has 2 aromatic heterocycles. The highest BCUT2D eigenvalue weighted by Crippen LogP contribution is 2.13. The molecule has 0 fully saturated rings. The molecule has 106 valence electrons. The van der Waals surface area contributed by atoms with Crippen LogP contribution in [0, 0.1) is 0 Å². The van der Waals surface area contributed by atoms with Crippen LogP contribution in [-0.2, 0) is 0 Å². The number of aromatic nitrogens is 5. The summed E-state index contributed by atoms with van der Waals surface area (Å²) < 4.78 is 0. The molecule has 0 radical (unpaired) electrons. The first-order valence-electron chi connectivity index (χ1n) is 6.30. The number of amides is 1. The predicted octanol–water partition coefficient (Wildman–Crippen LogP) is 0.532. The second-order valence-electron chi connectivity index (χ2n) is 4.51. The average Bonchev–Trinajstić information content (AvgIpc) is 3.02. The van der Waals surface area contributed by atoms with Crippen molar-refractivity contribution in [3.63, 3.8) is 0 Å². The van der Waals surface area contributed by atoms with Gasteiger partial charge in [0.2, 0.25) is 0 Å². The summed E-state index contributed by atoms with van der Waals surface area (Å²) in [6.07, 6.45) is 1.37. The van der Waals surface area contributed by atoms with E-state index >= 15 is 0 Å². The van der Waals surface area contributed by atoms with Crippen LogP contribution in [0.5, 0.6) is 0 Å². The van der Waals surface area contributed by atoms with E-state index in [1.165, 1.54) is 6.33 Å². The Morgan fingerprint density at radius 3 is 2.71 bits per heavy atom. The molecule has 21 heavy (non-hydrogen) atoms. The SMILES string of the molecule is CC(NC(=O)c1n[nH]c(=O)c2ccccc12)c1ncn[nH]1. The number of hydrogen-bond acceptors (Lipinski definition) is 5. The quantitative estimate of drug-likeness (QED) is 0.648. The van der Waals surface area contributed by atoms with Crippen molar-refractivity contribution in [3.05, 3.63) is 52.5 Å². The van der Waals surface area contributed by atoms with E-state index in [1.54, 1.807) is 31.2 Å². The lowest BCUT2D eigenvalue weighted by atomic mass is 10.1. The molecule has 3 aromatic rings. The Labute approximate surface area is 118 Å². The summed E-state index contributed by atoms with van der Waals surface area (Å²) in [7, 11) is 0. The Morgan fingerprint density at radius 1 is 1.24 bits per heavy atom. The van der Waals surface area contributed by atoms with Gasteiger partial charge in [0.05, 0.1) is 11.4 Å². The normalized spacial score (nSPS) is 12.2. The van der Waals surface area contributed by atoms with Gasteiger partial charge in [-0.2, -0.15) is 10.2 Å². The average molecular weight is 284 g/mol. The van der Waals surface area contributed by atoms with E-state index in [9.17, 15) is 9.59 Å². The van der Waals surface area contributed by atoms with Gasteiger partial charge in [0.25, 0.3) is 11.5 Å². The van der Waals surface area contributed by atoms with E-state index in [0.717, 1.165) is 0 Å². The molecule has 1 amide bonds. The third kappa shape index (κ3) is 2.38. The minimum absolute atomic E-state index is 0.163. The molecule has 0 aliphatic carbocycles. The first-order chi connectivity index (χ1) is 10.2. The van der Waals surface area contributed by atoms with Crippen LogP contribution in [0.15, 0.2) is 35.4 Å². The highest BCUT2D eigenvalue weighted by Gasteiger charge is 2.17. The first-order valence-corrected chi connectivity index (χ1v) is 6.30. The number of carbonyl (C=O) groups excluding carboxylic acids is 1. The van der Waals surface area contributed by atoms with Crippen LogP contribution in [0.25, 0.3) is 10.8 Å². The van der Waals surface area contributed by atoms with Crippen molar-refractivity contribution >= 4 is 16.7 Å². The molecule has 0 aliphatic heterocycles. The maximum Gasteiger partial charge on any atom is 0.272 e. The number of aromatic amines is 2. The highest BCUT2D eigenvalue weighted by molar-refractivity contribution is 6.04. The van der Waals surface area contributed by atoms with Crippen molar-refractivity contribution in [2.45, 2.75) is 13.0 Å². The Bertz CT molecular complexity index is 839. The van der Waals surface area contributed by atoms with Gasteiger partial charge in [-0.1, -0.05) is 18.2 Å². The van der Waals surface area contributed by atoms with Gasteiger partial charge in [-0.15, -0.1) is 0 Å². The molecule has 0 saturated carbocycles. The van der Waals surface area contributed by atoms with E-state index in [0.29, 0.717) is 16.6 Å². The zero-order valence-electron chi connectivity index (χ0n) is 11.1. The summed E-state index contributed by atoms with van der Waals surface area (Å²) in [5.41, 5.74) is -0.165. The Balaban J connectivity index is 1.95. The van der Waals surface area contributed by atoms with Crippen LogP contribution in [0.4, 0.5) is 0 Å². The van der Waals surface area contributed by atoms with Crippen LogP contribution in [0.2, 0.25) is 0 Å².